The smallest absolute Gasteiger partial charge is 0.341 e. The van der Waals surface area contributed by atoms with E-state index in [2.05, 4.69) is 10.3 Å². The zero-order valence-electron chi connectivity index (χ0n) is 14.9. The molecule has 6 nitrogen and oxygen atoms in total. The maximum Gasteiger partial charge on any atom is 0.341 e. The van der Waals surface area contributed by atoms with Gasteiger partial charge in [0.15, 0.2) is 6.10 Å². The molecule has 1 N–H and O–H groups in total. The fraction of sp³-hybridized carbons (Fsp3) is 0.250. The molecule has 0 aliphatic rings. The van der Waals surface area contributed by atoms with Crippen LogP contribution in [0.4, 0.5) is 0 Å². The number of pyridine rings is 1. The summed E-state index contributed by atoms with van der Waals surface area (Å²) >= 11 is 0. The number of amides is 1. The van der Waals surface area contributed by atoms with Gasteiger partial charge in [-0.05, 0) is 44.5 Å². The van der Waals surface area contributed by atoms with Gasteiger partial charge in [-0.25, -0.2) is 4.79 Å². The van der Waals surface area contributed by atoms with Gasteiger partial charge in [-0.15, -0.1) is 0 Å². The molecule has 134 valence electrons. The molecule has 0 aliphatic carbocycles. The van der Waals surface area contributed by atoms with Crippen molar-refractivity contribution in [2.45, 2.75) is 33.4 Å². The number of nitrogens with zero attached hydrogens (tertiary/aromatic N) is 1. The summed E-state index contributed by atoms with van der Waals surface area (Å²) in [6, 6.07) is 11.1. The van der Waals surface area contributed by atoms with Gasteiger partial charge >= 0.3 is 5.97 Å². The highest BCUT2D eigenvalue weighted by Crippen LogP contribution is 2.23. The molecule has 0 radical (unpaired) electrons. The molecule has 0 aliphatic heterocycles. The van der Waals surface area contributed by atoms with E-state index in [9.17, 15) is 9.59 Å². The van der Waals surface area contributed by atoms with Crippen LogP contribution in [0.5, 0.6) is 0 Å². The number of nitrogens with one attached hydrogen (secondary N) is 1. The Morgan fingerprint density at radius 2 is 1.96 bits per heavy atom. The molecule has 0 saturated carbocycles. The summed E-state index contributed by atoms with van der Waals surface area (Å²) in [6.07, 6.45) is 0.603. The lowest BCUT2D eigenvalue weighted by Crippen LogP contribution is -2.35. The number of hydrogen-bond acceptors (Lipinski definition) is 5. The van der Waals surface area contributed by atoms with Crippen LogP contribution in [0.2, 0.25) is 0 Å². The Morgan fingerprint density at radius 1 is 1.19 bits per heavy atom. The summed E-state index contributed by atoms with van der Waals surface area (Å²) in [5, 5.41) is 3.56. The highest BCUT2D eigenvalue weighted by molar-refractivity contribution is 5.99. The van der Waals surface area contributed by atoms with Crippen LogP contribution >= 0.6 is 0 Å². The van der Waals surface area contributed by atoms with Crippen LogP contribution in [-0.2, 0) is 16.1 Å². The molecular formula is C20H20N2O4. The van der Waals surface area contributed by atoms with E-state index in [1.165, 1.54) is 13.2 Å². The number of benzene rings is 1. The largest absolute Gasteiger partial charge is 0.467 e. The zero-order chi connectivity index (χ0) is 18.7. The third-order valence-electron chi connectivity index (χ3n) is 4.21. The predicted octanol–water partition coefficient (Wildman–Crippen LogP) is 3.31. The number of aromatic nitrogens is 1. The minimum absolute atomic E-state index is 0.239. The second-order valence-corrected chi connectivity index (χ2v) is 6.06. The molecule has 26 heavy (non-hydrogen) atoms. The Labute approximate surface area is 151 Å². The Balaban J connectivity index is 1.73. The molecule has 0 unspecified atom stereocenters. The van der Waals surface area contributed by atoms with Crippen LogP contribution in [0.15, 0.2) is 47.1 Å². The summed E-state index contributed by atoms with van der Waals surface area (Å²) in [5.41, 5.74) is 2.59. The first kappa shape index (κ1) is 17.7. The fourth-order valence-corrected chi connectivity index (χ4v) is 2.84. The Kier molecular flexibility index (Phi) is 5.02. The molecule has 1 amide bonds. The first-order valence-electron chi connectivity index (χ1n) is 8.34. The third kappa shape index (κ3) is 3.59. The van der Waals surface area contributed by atoms with Gasteiger partial charge in [-0.2, -0.15) is 0 Å². The summed E-state index contributed by atoms with van der Waals surface area (Å²) in [4.78, 5) is 29.2. The van der Waals surface area contributed by atoms with Gasteiger partial charge in [0.1, 0.15) is 5.76 Å². The van der Waals surface area contributed by atoms with Gasteiger partial charge in [0.05, 0.1) is 29.6 Å². The zero-order valence-corrected chi connectivity index (χ0v) is 14.9. The number of esters is 1. The molecule has 6 heteroatoms. The average molecular weight is 352 g/mol. The van der Waals surface area contributed by atoms with Crippen molar-refractivity contribution in [3.8, 4) is 0 Å². The number of carbonyl (C=O) groups excluding carboxylic acids is 2. The summed E-state index contributed by atoms with van der Waals surface area (Å²) in [5.74, 6) is -0.319. The minimum atomic E-state index is -0.928. The van der Waals surface area contributed by atoms with Crippen molar-refractivity contribution >= 4 is 22.8 Å². The van der Waals surface area contributed by atoms with Gasteiger partial charge < -0.3 is 14.5 Å². The van der Waals surface area contributed by atoms with Gasteiger partial charge in [-0.1, -0.05) is 18.2 Å². The Hall–Kier alpha value is -3.15. The molecule has 1 atom stereocenters. The van der Waals surface area contributed by atoms with E-state index >= 15 is 0 Å². The summed E-state index contributed by atoms with van der Waals surface area (Å²) < 4.78 is 10.5. The van der Waals surface area contributed by atoms with Crippen LogP contribution in [0.3, 0.4) is 0 Å². The molecule has 2 heterocycles. The fourth-order valence-electron chi connectivity index (χ4n) is 2.84. The van der Waals surface area contributed by atoms with Crippen LogP contribution < -0.4 is 5.32 Å². The SMILES string of the molecule is Cc1nc2ccccc2c(C)c1C(=O)O[C@H](C)C(=O)NCc1ccco1. The normalized spacial score (nSPS) is 12.0. The molecular weight excluding hydrogens is 332 g/mol. The molecule has 0 spiro atoms. The highest BCUT2D eigenvalue weighted by atomic mass is 16.5. The predicted molar refractivity (Wildman–Crippen MR) is 96.6 cm³/mol. The van der Waals surface area contributed by atoms with Gasteiger partial charge in [0, 0.05) is 5.39 Å². The number of aryl methyl sites for hydroxylation is 2. The van der Waals surface area contributed by atoms with Crippen LogP contribution in [0.25, 0.3) is 10.9 Å². The lowest BCUT2D eigenvalue weighted by Gasteiger charge is -2.16. The number of furan rings is 1. The molecule has 1 aromatic carbocycles. The second-order valence-electron chi connectivity index (χ2n) is 6.06. The third-order valence-corrected chi connectivity index (χ3v) is 4.21. The standard InChI is InChI=1S/C20H20N2O4/c1-12-16-8-4-5-9-17(16)22-13(2)18(12)20(24)26-14(3)19(23)21-11-15-7-6-10-25-15/h4-10,14H,11H2,1-3H3,(H,21,23)/t14-/m1/s1. The van der Waals surface area contributed by atoms with Crippen molar-refractivity contribution in [3.05, 3.63) is 65.2 Å². The summed E-state index contributed by atoms with van der Waals surface area (Å²) in [7, 11) is 0. The molecule has 0 fully saturated rings. The quantitative estimate of drug-likeness (QED) is 0.713. The number of para-hydroxylation sites is 1. The van der Waals surface area contributed by atoms with Gasteiger partial charge in [-0.3, -0.25) is 9.78 Å². The number of rotatable bonds is 5. The Morgan fingerprint density at radius 3 is 2.69 bits per heavy atom. The van der Waals surface area contributed by atoms with Gasteiger partial charge in [0.2, 0.25) is 0 Å². The molecule has 3 rings (SSSR count). The van der Waals surface area contributed by atoms with Crippen LogP contribution in [0.1, 0.15) is 34.3 Å². The van der Waals surface area contributed by atoms with Crippen molar-refractivity contribution in [2.24, 2.45) is 0 Å². The van der Waals surface area contributed by atoms with E-state index in [1.807, 2.05) is 31.2 Å². The van der Waals surface area contributed by atoms with E-state index in [4.69, 9.17) is 9.15 Å². The van der Waals surface area contributed by atoms with E-state index in [1.54, 1.807) is 19.1 Å². The van der Waals surface area contributed by atoms with Crippen molar-refractivity contribution in [1.82, 2.24) is 10.3 Å². The monoisotopic (exact) mass is 352 g/mol. The molecule has 0 bridgehead atoms. The second kappa shape index (κ2) is 7.39. The minimum Gasteiger partial charge on any atom is -0.467 e. The summed E-state index contributed by atoms with van der Waals surface area (Å²) in [6.45, 7) is 5.39. The van der Waals surface area contributed by atoms with Crippen molar-refractivity contribution in [1.29, 1.82) is 0 Å². The highest BCUT2D eigenvalue weighted by Gasteiger charge is 2.23. The topological polar surface area (TPSA) is 81.4 Å². The maximum atomic E-state index is 12.6. The number of carbonyl (C=O) groups is 2. The van der Waals surface area contributed by atoms with Crippen molar-refractivity contribution in [3.63, 3.8) is 0 Å². The lowest BCUT2D eigenvalue weighted by atomic mass is 10.0. The lowest BCUT2D eigenvalue weighted by molar-refractivity contribution is -0.129. The molecule has 2 aromatic heterocycles. The van der Waals surface area contributed by atoms with E-state index in [-0.39, 0.29) is 12.5 Å². The van der Waals surface area contributed by atoms with E-state index in [0.717, 1.165) is 16.5 Å². The molecule has 0 saturated heterocycles. The van der Waals surface area contributed by atoms with Crippen LogP contribution in [0, 0.1) is 13.8 Å². The number of hydrogen-bond donors (Lipinski definition) is 1. The first-order chi connectivity index (χ1) is 12.5. The van der Waals surface area contributed by atoms with Gasteiger partial charge in [0.25, 0.3) is 5.91 Å². The molecule has 3 aromatic rings. The van der Waals surface area contributed by atoms with Crippen LogP contribution in [-0.4, -0.2) is 23.0 Å². The van der Waals surface area contributed by atoms with E-state index < -0.39 is 12.1 Å². The van der Waals surface area contributed by atoms with E-state index in [0.29, 0.717) is 17.0 Å². The van der Waals surface area contributed by atoms with Crippen molar-refractivity contribution in [2.75, 3.05) is 0 Å². The Bertz CT molecular complexity index is 948. The maximum absolute atomic E-state index is 12.6. The number of ether oxygens (including phenoxy) is 1. The number of fused-ring (bicyclic) bond motifs is 1. The first-order valence-corrected chi connectivity index (χ1v) is 8.34. The van der Waals surface area contributed by atoms with Crippen molar-refractivity contribution < 1.29 is 18.7 Å². The average Bonchev–Trinajstić information content (AvgIpc) is 3.13.